The molecular formula is C18H16O7. The number of aromatic hydroxyl groups is 2. The van der Waals surface area contributed by atoms with Crippen LogP contribution in [-0.2, 0) is 0 Å². The van der Waals surface area contributed by atoms with Crippen molar-refractivity contribution in [3.8, 4) is 17.6 Å². The molecule has 0 aliphatic heterocycles. The lowest BCUT2D eigenvalue weighted by Gasteiger charge is -2.13. The summed E-state index contributed by atoms with van der Waals surface area (Å²) in [5.74, 6) is -1.30. The summed E-state index contributed by atoms with van der Waals surface area (Å²) in [6, 6.07) is 2.50. The third-order valence-electron chi connectivity index (χ3n) is 4.03. The lowest BCUT2D eigenvalue weighted by atomic mass is 9.97. The minimum absolute atomic E-state index is 0.107. The number of rotatable bonds is 4. The maximum Gasteiger partial charge on any atom is 0.296 e. The SMILES string of the molecule is C/C(=C/COc1cc(=O)c2c(O)oc(O)c3c(=O)cc(C)c1c32)CO. The highest BCUT2D eigenvalue weighted by Crippen LogP contribution is 2.39. The van der Waals surface area contributed by atoms with Gasteiger partial charge in [-0.1, -0.05) is 0 Å². The van der Waals surface area contributed by atoms with Crippen LogP contribution in [0.4, 0.5) is 0 Å². The Morgan fingerprint density at radius 3 is 2.28 bits per heavy atom. The van der Waals surface area contributed by atoms with Crippen LogP contribution in [-0.4, -0.2) is 28.5 Å². The van der Waals surface area contributed by atoms with Gasteiger partial charge in [-0.15, -0.1) is 0 Å². The van der Waals surface area contributed by atoms with Crippen molar-refractivity contribution >= 4 is 21.5 Å². The fourth-order valence-electron chi connectivity index (χ4n) is 2.81. The zero-order chi connectivity index (χ0) is 18.3. The molecule has 0 amide bonds. The van der Waals surface area contributed by atoms with E-state index in [2.05, 4.69) is 0 Å². The van der Waals surface area contributed by atoms with Crippen LogP contribution in [0.3, 0.4) is 0 Å². The second-order valence-corrected chi connectivity index (χ2v) is 5.80. The number of ether oxygens (including phenoxy) is 1. The Morgan fingerprint density at radius 1 is 1.08 bits per heavy atom. The lowest BCUT2D eigenvalue weighted by molar-refractivity contribution is 0.262. The fourth-order valence-corrected chi connectivity index (χ4v) is 2.81. The molecule has 0 aliphatic carbocycles. The first kappa shape index (κ1) is 16.8. The summed E-state index contributed by atoms with van der Waals surface area (Å²) in [5, 5.41) is 29.0. The zero-order valence-electron chi connectivity index (χ0n) is 13.6. The van der Waals surface area contributed by atoms with E-state index in [4.69, 9.17) is 14.3 Å². The molecule has 7 nitrogen and oxygen atoms in total. The van der Waals surface area contributed by atoms with Crippen LogP contribution in [0.25, 0.3) is 21.5 Å². The van der Waals surface area contributed by atoms with Crippen molar-refractivity contribution in [3.05, 3.63) is 49.8 Å². The molecule has 3 aromatic rings. The van der Waals surface area contributed by atoms with Gasteiger partial charge in [-0.2, -0.15) is 0 Å². The van der Waals surface area contributed by atoms with E-state index in [-0.39, 0.29) is 35.1 Å². The monoisotopic (exact) mass is 344 g/mol. The first-order valence-electron chi connectivity index (χ1n) is 7.53. The quantitative estimate of drug-likeness (QED) is 0.618. The van der Waals surface area contributed by atoms with Crippen molar-refractivity contribution in [2.45, 2.75) is 13.8 Å². The molecule has 25 heavy (non-hydrogen) atoms. The summed E-state index contributed by atoms with van der Waals surface area (Å²) in [4.78, 5) is 24.6. The first-order chi connectivity index (χ1) is 11.8. The van der Waals surface area contributed by atoms with Gasteiger partial charge in [-0.3, -0.25) is 9.59 Å². The Morgan fingerprint density at radius 2 is 1.68 bits per heavy atom. The van der Waals surface area contributed by atoms with Gasteiger partial charge in [0.25, 0.3) is 11.9 Å². The molecule has 0 radical (unpaired) electrons. The van der Waals surface area contributed by atoms with Gasteiger partial charge in [-0.05, 0) is 37.1 Å². The molecule has 2 aromatic carbocycles. The first-order valence-corrected chi connectivity index (χ1v) is 7.53. The van der Waals surface area contributed by atoms with Gasteiger partial charge < -0.3 is 24.5 Å². The molecule has 0 unspecified atom stereocenters. The topological polar surface area (TPSA) is 117 Å². The van der Waals surface area contributed by atoms with E-state index < -0.39 is 22.8 Å². The fraction of sp³-hybridized carbons (Fsp3) is 0.222. The summed E-state index contributed by atoms with van der Waals surface area (Å²) in [6.07, 6.45) is 1.66. The van der Waals surface area contributed by atoms with Crippen LogP contribution < -0.4 is 15.6 Å². The van der Waals surface area contributed by atoms with E-state index in [1.54, 1.807) is 19.9 Å². The molecule has 3 rings (SSSR count). The number of aliphatic hydroxyl groups excluding tert-OH is 1. The zero-order valence-corrected chi connectivity index (χ0v) is 13.6. The normalized spacial score (nSPS) is 12.2. The van der Waals surface area contributed by atoms with Crippen LogP contribution in [0, 0.1) is 6.92 Å². The summed E-state index contributed by atoms with van der Waals surface area (Å²) in [6.45, 7) is 3.39. The van der Waals surface area contributed by atoms with Crippen molar-refractivity contribution in [1.29, 1.82) is 0 Å². The van der Waals surface area contributed by atoms with E-state index in [0.717, 1.165) is 0 Å². The smallest absolute Gasteiger partial charge is 0.296 e. The average molecular weight is 344 g/mol. The Labute approximate surface area is 141 Å². The van der Waals surface area contributed by atoms with Gasteiger partial charge in [0.15, 0.2) is 10.9 Å². The minimum atomic E-state index is -0.757. The molecule has 1 heterocycles. The molecule has 0 aliphatic rings. The van der Waals surface area contributed by atoms with Crippen LogP contribution >= 0.6 is 0 Å². The summed E-state index contributed by atoms with van der Waals surface area (Å²) < 4.78 is 10.4. The Bertz CT molecular complexity index is 1090. The van der Waals surface area contributed by atoms with Gasteiger partial charge >= 0.3 is 0 Å². The van der Waals surface area contributed by atoms with Crippen LogP contribution in [0.1, 0.15) is 12.5 Å². The second-order valence-electron chi connectivity index (χ2n) is 5.80. The number of aryl methyl sites for hydroxylation is 1. The molecule has 0 atom stereocenters. The molecule has 130 valence electrons. The molecule has 3 N–H and O–H groups in total. The van der Waals surface area contributed by atoms with Crippen molar-refractivity contribution in [2.24, 2.45) is 0 Å². The van der Waals surface area contributed by atoms with E-state index in [9.17, 15) is 19.8 Å². The maximum absolute atomic E-state index is 12.4. The molecule has 7 heteroatoms. The van der Waals surface area contributed by atoms with Crippen LogP contribution in [0.15, 0.2) is 37.8 Å². The predicted molar refractivity (Wildman–Crippen MR) is 91.9 cm³/mol. The molecule has 0 spiro atoms. The molecule has 0 saturated heterocycles. The summed E-state index contributed by atoms with van der Waals surface area (Å²) >= 11 is 0. The van der Waals surface area contributed by atoms with Gasteiger partial charge in [0, 0.05) is 16.8 Å². The highest BCUT2D eigenvalue weighted by atomic mass is 16.5. The van der Waals surface area contributed by atoms with E-state index in [1.807, 2.05) is 0 Å². The number of benzene rings is 2. The van der Waals surface area contributed by atoms with Crippen molar-refractivity contribution in [2.75, 3.05) is 13.2 Å². The highest BCUT2D eigenvalue weighted by Gasteiger charge is 2.22. The Kier molecular flexibility index (Phi) is 4.10. The van der Waals surface area contributed by atoms with Gasteiger partial charge in [0.05, 0.1) is 6.61 Å². The molecular weight excluding hydrogens is 328 g/mol. The van der Waals surface area contributed by atoms with E-state index >= 15 is 0 Å². The van der Waals surface area contributed by atoms with Crippen molar-refractivity contribution in [1.82, 2.24) is 0 Å². The molecule has 0 fully saturated rings. The number of hydrogen-bond donors (Lipinski definition) is 3. The highest BCUT2D eigenvalue weighted by molar-refractivity contribution is 6.15. The molecule has 0 saturated carbocycles. The Hall–Kier alpha value is -3.06. The third kappa shape index (κ3) is 2.68. The summed E-state index contributed by atoms with van der Waals surface area (Å²) in [7, 11) is 0. The lowest BCUT2D eigenvalue weighted by Crippen LogP contribution is -2.10. The minimum Gasteiger partial charge on any atom is -0.489 e. The largest absolute Gasteiger partial charge is 0.489 e. The summed E-state index contributed by atoms with van der Waals surface area (Å²) in [5.41, 5.74) is 0.116. The second kappa shape index (κ2) is 6.10. The van der Waals surface area contributed by atoms with E-state index in [0.29, 0.717) is 16.5 Å². The van der Waals surface area contributed by atoms with Gasteiger partial charge in [0.1, 0.15) is 23.1 Å². The molecule has 0 bridgehead atoms. The predicted octanol–water partition coefficient (Wildman–Crippen LogP) is 1.78. The van der Waals surface area contributed by atoms with Crippen LogP contribution in [0.2, 0.25) is 0 Å². The average Bonchev–Trinajstić information content (AvgIpc) is 2.53. The van der Waals surface area contributed by atoms with Gasteiger partial charge in [-0.25, -0.2) is 0 Å². The van der Waals surface area contributed by atoms with E-state index in [1.165, 1.54) is 12.1 Å². The van der Waals surface area contributed by atoms with Crippen molar-refractivity contribution in [3.63, 3.8) is 0 Å². The third-order valence-corrected chi connectivity index (χ3v) is 4.03. The molecule has 1 aromatic heterocycles. The van der Waals surface area contributed by atoms with Crippen molar-refractivity contribution < 1.29 is 24.5 Å². The number of aliphatic hydroxyl groups is 1. The standard InChI is InChI=1S/C18H16O7/c1-8(7-19)3-4-24-12-6-11(21)15-16-13(12)9(2)5-10(20)14(16)17(22)25-18(15)23/h3,5-6,19,22-23H,4,7H2,1-2H3/b8-3-. The van der Waals surface area contributed by atoms with Crippen LogP contribution in [0.5, 0.6) is 17.6 Å². The van der Waals surface area contributed by atoms with Gasteiger partial charge in [0.2, 0.25) is 0 Å². The Balaban J connectivity index is 2.37. The number of hydrogen-bond acceptors (Lipinski definition) is 7. The maximum atomic E-state index is 12.4.